The summed E-state index contributed by atoms with van der Waals surface area (Å²) < 4.78 is 2.23. The van der Waals surface area contributed by atoms with Gasteiger partial charge >= 0.3 is 0 Å². The second-order valence-electron chi connectivity index (χ2n) is 5.26. The van der Waals surface area contributed by atoms with Crippen LogP contribution in [-0.4, -0.2) is 0 Å². The van der Waals surface area contributed by atoms with E-state index in [0.29, 0.717) is 5.92 Å². The quantitative estimate of drug-likeness (QED) is 0.577. The Kier molecular flexibility index (Phi) is 2.90. The number of hydrogen-bond acceptors (Lipinski definition) is 2. The molecule has 0 spiro atoms. The highest BCUT2D eigenvalue weighted by Crippen LogP contribution is 2.32. The average Bonchev–Trinajstić information content (AvgIpc) is 2.38. The Balaban J connectivity index is 2.60. The zero-order valence-electron chi connectivity index (χ0n) is 11.4. The summed E-state index contributed by atoms with van der Waals surface area (Å²) in [6, 6.07) is 12.1. The molecular weight excluding hydrogens is 252 g/mol. The number of fused-ring (bicyclic) bond motifs is 2. The standard InChI is InChI=1S/C17H16OS/c1-10(2)12-9-8-11(3)15-16(18)13-6-4-5-7-14(13)19-17(12)15/h4-10H,1-3H3. The fourth-order valence-corrected chi connectivity index (χ4v) is 3.95. The second-order valence-corrected chi connectivity index (χ2v) is 6.31. The number of rotatable bonds is 1. The maximum atomic E-state index is 12.7. The number of benzene rings is 2. The van der Waals surface area contributed by atoms with Gasteiger partial charge in [0.05, 0.1) is 0 Å². The number of aryl methyl sites for hydroxylation is 1. The lowest BCUT2D eigenvalue weighted by atomic mass is 9.98. The van der Waals surface area contributed by atoms with E-state index in [1.165, 1.54) is 5.56 Å². The van der Waals surface area contributed by atoms with Crippen molar-refractivity contribution in [2.45, 2.75) is 26.7 Å². The smallest absolute Gasteiger partial charge is 0.196 e. The third-order valence-corrected chi connectivity index (χ3v) is 4.81. The topological polar surface area (TPSA) is 17.1 Å². The van der Waals surface area contributed by atoms with E-state index in [4.69, 9.17) is 0 Å². The lowest BCUT2D eigenvalue weighted by Crippen LogP contribution is -2.04. The summed E-state index contributed by atoms with van der Waals surface area (Å²) in [5.41, 5.74) is 2.52. The van der Waals surface area contributed by atoms with Crippen LogP contribution in [0.5, 0.6) is 0 Å². The van der Waals surface area contributed by atoms with Gasteiger partial charge in [-0.05, 0) is 36.1 Å². The Hall–Kier alpha value is -1.67. The van der Waals surface area contributed by atoms with Crippen molar-refractivity contribution in [3.63, 3.8) is 0 Å². The van der Waals surface area contributed by atoms with Gasteiger partial charge in [-0.3, -0.25) is 4.79 Å². The fraction of sp³-hybridized carbons (Fsp3) is 0.235. The molecule has 0 aliphatic rings. The van der Waals surface area contributed by atoms with Crippen LogP contribution in [0.3, 0.4) is 0 Å². The maximum Gasteiger partial charge on any atom is 0.196 e. The van der Waals surface area contributed by atoms with Crippen molar-refractivity contribution in [2.75, 3.05) is 0 Å². The SMILES string of the molecule is Cc1ccc(C(C)C)c2sc3ccccc3c(=O)c12. The third-order valence-electron chi connectivity index (χ3n) is 3.59. The molecule has 0 saturated heterocycles. The highest BCUT2D eigenvalue weighted by atomic mass is 32.1. The minimum Gasteiger partial charge on any atom is -0.288 e. The van der Waals surface area contributed by atoms with E-state index in [9.17, 15) is 4.79 Å². The zero-order chi connectivity index (χ0) is 13.6. The summed E-state index contributed by atoms with van der Waals surface area (Å²) >= 11 is 1.73. The Morgan fingerprint density at radius 3 is 2.53 bits per heavy atom. The van der Waals surface area contributed by atoms with Crippen molar-refractivity contribution >= 4 is 31.5 Å². The molecule has 0 radical (unpaired) electrons. The van der Waals surface area contributed by atoms with Crippen LogP contribution >= 0.6 is 11.3 Å². The minimum absolute atomic E-state index is 0.171. The van der Waals surface area contributed by atoms with Crippen molar-refractivity contribution in [3.8, 4) is 0 Å². The van der Waals surface area contributed by atoms with Crippen molar-refractivity contribution < 1.29 is 0 Å². The van der Waals surface area contributed by atoms with Gasteiger partial charge in [0.2, 0.25) is 0 Å². The predicted octanol–water partition coefficient (Wildman–Crippen LogP) is 4.85. The average molecular weight is 268 g/mol. The molecule has 0 saturated carbocycles. The Morgan fingerprint density at radius 2 is 1.79 bits per heavy atom. The van der Waals surface area contributed by atoms with Crippen molar-refractivity contribution in [2.24, 2.45) is 0 Å². The first-order valence-electron chi connectivity index (χ1n) is 6.54. The van der Waals surface area contributed by atoms with Crippen LogP contribution in [0.25, 0.3) is 20.2 Å². The molecule has 0 aliphatic carbocycles. The summed E-state index contributed by atoms with van der Waals surface area (Å²) in [4.78, 5) is 12.7. The van der Waals surface area contributed by atoms with E-state index in [1.54, 1.807) is 11.3 Å². The minimum atomic E-state index is 0.171. The van der Waals surface area contributed by atoms with Crippen LogP contribution in [0.15, 0.2) is 41.2 Å². The van der Waals surface area contributed by atoms with Crippen LogP contribution in [0, 0.1) is 6.92 Å². The van der Waals surface area contributed by atoms with E-state index >= 15 is 0 Å². The molecule has 0 aliphatic heterocycles. The van der Waals surface area contributed by atoms with Crippen LogP contribution in [-0.2, 0) is 0 Å². The van der Waals surface area contributed by atoms with Crippen molar-refractivity contribution in [3.05, 3.63) is 57.7 Å². The second kappa shape index (κ2) is 4.46. The molecule has 0 fully saturated rings. The molecule has 3 rings (SSSR count). The molecule has 0 unspecified atom stereocenters. The van der Waals surface area contributed by atoms with Crippen molar-refractivity contribution in [1.82, 2.24) is 0 Å². The summed E-state index contributed by atoms with van der Waals surface area (Å²) in [5.74, 6) is 0.430. The molecule has 2 heteroatoms. The Morgan fingerprint density at radius 1 is 1.05 bits per heavy atom. The summed E-state index contributed by atoms with van der Waals surface area (Å²) in [7, 11) is 0. The van der Waals surface area contributed by atoms with Gasteiger partial charge in [0.15, 0.2) is 5.43 Å². The van der Waals surface area contributed by atoms with E-state index < -0.39 is 0 Å². The highest BCUT2D eigenvalue weighted by molar-refractivity contribution is 7.24. The van der Waals surface area contributed by atoms with Crippen LogP contribution in [0.1, 0.15) is 30.9 Å². The first kappa shape index (κ1) is 12.4. The van der Waals surface area contributed by atoms with E-state index in [-0.39, 0.29) is 5.43 Å². The Bertz CT molecular complexity index is 828. The van der Waals surface area contributed by atoms with E-state index in [1.807, 2.05) is 31.2 Å². The van der Waals surface area contributed by atoms with Gasteiger partial charge in [-0.15, -0.1) is 11.3 Å². The van der Waals surface area contributed by atoms with Gasteiger partial charge < -0.3 is 0 Å². The Labute approximate surface area is 116 Å². The lowest BCUT2D eigenvalue weighted by molar-refractivity contribution is 0.877. The monoisotopic (exact) mass is 268 g/mol. The van der Waals surface area contributed by atoms with Gasteiger partial charge in [-0.2, -0.15) is 0 Å². The molecule has 1 aromatic heterocycles. The molecule has 2 aromatic carbocycles. The number of hydrogen-bond donors (Lipinski definition) is 0. The van der Waals surface area contributed by atoms with Gasteiger partial charge in [-0.25, -0.2) is 0 Å². The first-order valence-corrected chi connectivity index (χ1v) is 7.36. The predicted molar refractivity (Wildman–Crippen MR) is 84.4 cm³/mol. The van der Waals surface area contributed by atoms with Crippen molar-refractivity contribution in [1.29, 1.82) is 0 Å². The van der Waals surface area contributed by atoms with Gasteiger partial charge in [-0.1, -0.05) is 38.1 Å². The van der Waals surface area contributed by atoms with E-state index in [0.717, 1.165) is 25.7 Å². The molecule has 0 bridgehead atoms. The summed E-state index contributed by atoms with van der Waals surface area (Å²) in [6.45, 7) is 6.38. The summed E-state index contributed by atoms with van der Waals surface area (Å²) in [6.07, 6.45) is 0. The van der Waals surface area contributed by atoms with E-state index in [2.05, 4.69) is 26.0 Å². The zero-order valence-corrected chi connectivity index (χ0v) is 12.2. The van der Waals surface area contributed by atoms with Crippen LogP contribution in [0.4, 0.5) is 0 Å². The largest absolute Gasteiger partial charge is 0.288 e. The van der Waals surface area contributed by atoms with Gasteiger partial charge in [0.1, 0.15) is 0 Å². The van der Waals surface area contributed by atoms with Gasteiger partial charge in [0, 0.05) is 20.2 Å². The first-order chi connectivity index (χ1) is 9.09. The normalized spacial score (nSPS) is 11.6. The van der Waals surface area contributed by atoms with Crippen LogP contribution < -0.4 is 5.43 Å². The molecule has 1 nitrogen and oxygen atoms in total. The molecule has 3 aromatic rings. The lowest BCUT2D eigenvalue weighted by Gasteiger charge is -2.11. The molecular formula is C17H16OS. The third kappa shape index (κ3) is 1.87. The molecule has 0 N–H and O–H groups in total. The maximum absolute atomic E-state index is 12.7. The fourth-order valence-electron chi connectivity index (χ4n) is 2.53. The summed E-state index contributed by atoms with van der Waals surface area (Å²) in [5, 5.41) is 1.74. The van der Waals surface area contributed by atoms with Crippen LogP contribution in [0.2, 0.25) is 0 Å². The highest BCUT2D eigenvalue weighted by Gasteiger charge is 2.13. The molecule has 0 atom stereocenters. The molecule has 1 heterocycles. The molecule has 0 amide bonds. The van der Waals surface area contributed by atoms with Gasteiger partial charge in [0.25, 0.3) is 0 Å². The molecule has 19 heavy (non-hydrogen) atoms. The molecule has 96 valence electrons.